The number of carbonyl (C=O) groups is 2. The van der Waals surface area contributed by atoms with Crippen molar-refractivity contribution in [1.82, 2.24) is 0 Å². The number of allylic oxidation sites excluding steroid dienone is 3. The highest BCUT2D eigenvalue weighted by Crippen LogP contribution is 2.45. The third-order valence-corrected chi connectivity index (χ3v) is 4.35. The van der Waals surface area contributed by atoms with E-state index in [-0.39, 0.29) is 0 Å². The molecule has 1 aromatic carbocycles. The predicted molar refractivity (Wildman–Crippen MR) is 92.4 cm³/mol. The summed E-state index contributed by atoms with van der Waals surface area (Å²) in [5.74, 6) is -0.489. The number of ether oxygens (including phenoxy) is 2. The molecule has 0 amide bonds. The Hall–Kier alpha value is -2.36. The number of hydrogen-bond acceptors (Lipinski definition) is 4. The fourth-order valence-corrected chi connectivity index (χ4v) is 3.16. The largest absolute Gasteiger partial charge is 0.466 e. The Balaban J connectivity index is 2.70. The van der Waals surface area contributed by atoms with Crippen LogP contribution in [0.15, 0.2) is 47.2 Å². The lowest BCUT2D eigenvalue weighted by atomic mass is 9.69. The summed E-state index contributed by atoms with van der Waals surface area (Å²) in [5.41, 5.74) is 3.11. The van der Waals surface area contributed by atoms with Gasteiger partial charge in [-0.2, -0.15) is 0 Å². The van der Waals surface area contributed by atoms with Crippen molar-refractivity contribution in [2.45, 2.75) is 46.0 Å². The van der Waals surface area contributed by atoms with E-state index in [1.165, 1.54) is 19.6 Å². The minimum absolute atomic E-state index is 0.399. The van der Waals surface area contributed by atoms with E-state index < -0.39 is 17.4 Å². The van der Waals surface area contributed by atoms with Crippen molar-refractivity contribution < 1.29 is 19.1 Å². The summed E-state index contributed by atoms with van der Waals surface area (Å²) in [4.78, 5) is 24.0. The number of esters is 2. The van der Waals surface area contributed by atoms with Crippen LogP contribution >= 0.6 is 0 Å². The van der Waals surface area contributed by atoms with Crippen LogP contribution in [-0.2, 0) is 30.9 Å². The molecule has 0 fully saturated rings. The van der Waals surface area contributed by atoms with Crippen LogP contribution in [0.2, 0.25) is 0 Å². The summed E-state index contributed by atoms with van der Waals surface area (Å²) >= 11 is 0. The first-order valence-electron chi connectivity index (χ1n) is 8.01. The van der Waals surface area contributed by atoms with Gasteiger partial charge in [0.1, 0.15) is 5.76 Å². The van der Waals surface area contributed by atoms with E-state index in [9.17, 15) is 9.59 Å². The van der Waals surface area contributed by atoms with E-state index in [0.29, 0.717) is 24.2 Å². The van der Waals surface area contributed by atoms with Gasteiger partial charge in [-0.1, -0.05) is 35.9 Å². The molecule has 4 heteroatoms. The molecule has 0 radical (unpaired) electrons. The van der Waals surface area contributed by atoms with Gasteiger partial charge in [0.2, 0.25) is 0 Å². The molecule has 0 heterocycles. The SMILES string of the molecule is COC(=O)C1=C(OC(C)=O)C(C)(CC=C(C)C)c2ccccc2C1. The molecule has 0 saturated heterocycles. The minimum atomic E-state index is -0.596. The lowest BCUT2D eigenvalue weighted by Gasteiger charge is -2.37. The number of methoxy groups -OCH3 is 1. The molecule has 4 nitrogen and oxygen atoms in total. The van der Waals surface area contributed by atoms with Crippen LogP contribution in [0.4, 0.5) is 0 Å². The van der Waals surface area contributed by atoms with Crippen molar-refractivity contribution >= 4 is 11.9 Å². The van der Waals surface area contributed by atoms with Crippen LogP contribution in [0.1, 0.15) is 45.2 Å². The number of benzene rings is 1. The second-order valence-corrected chi connectivity index (χ2v) is 6.54. The van der Waals surface area contributed by atoms with Gasteiger partial charge in [0.15, 0.2) is 0 Å². The Morgan fingerprint density at radius 2 is 1.88 bits per heavy atom. The van der Waals surface area contributed by atoms with Crippen molar-refractivity contribution in [1.29, 1.82) is 0 Å². The average Bonchev–Trinajstić information content (AvgIpc) is 2.54. The Morgan fingerprint density at radius 3 is 2.46 bits per heavy atom. The third kappa shape index (κ3) is 3.42. The maximum absolute atomic E-state index is 12.3. The second-order valence-electron chi connectivity index (χ2n) is 6.54. The zero-order chi connectivity index (χ0) is 17.9. The van der Waals surface area contributed by atoms with E-state index >= 15 is 0 Å². The summed E-state index contributed by atoms with van der Waals surface area (Å²) in [6.07, 6.45) is 3.13. The van der Waals surface area contributed by atoms with E-state index in [1.54, 1.807) is 0 Å². The molecule has 0 saturated carbocycles. The fraction of sp³-hybridized carbons (Fsp3) is 0.400. The quantitative estimate of drug-likeness (QED) is 0.622. The van der Waals surface area contributed by atoms with Gasteiger partial charge < -0.3 is 9.47 Å². The Morgan fingerprint density at radius 1 is 1.21 bits per heavy atom. The molecule has 1 aliphatic rings. The van der Waals surface area contributed by atoms with Gasteiger partial charge in [-0.25, -0.2) is 4.79 Å². The molecule has 0 aromatic heterocycles. The number of fused-ring (bicyclic) bond motifs is 1. The molecule has 128 valence electrons. The van der Waals surface area contributed by atoms with Crippen molar-refractivity contribution in [3.63, 3.8) is 0 Å². The molecule has 2 rings (SSSR count). The van der Waals surface area contributed by atoms with Crippen LogP contribution in [0.25, 0.3) is 0 Å². The molecule has 0 aliphatic heterocycles. The second kappa shape index (κ2) is 7.04. The van der Waals surface area contributed by atoms with Gasteiger partial charge in [0.25, 0.3) is 0 Å². The van der Waals surface area contributed by atoms with Crippen molar-refractivity contribution in [3.05, 3.63) is 58.4 Å². The fourth-order valence-electron chi connectivity index (χ4n) is 3.16. The molecule has 1 unspecified atom stereocenters. The van der Waals surface area contributed by atoms with Gasteiger partial charge in [0, 0.05) is 13.3 Å². The van der Waals surface area contributed by atoms with E-state index in [0.717, 1.165) is 11.1 Å². The lowest BCUT2D eigenvalue weighted by Crippen LogP contribution is -2.35. The molecule has 0 spiro atoms. The van der Waals surface area contributed by atoms with E-state index in [1.807, 2.05) is 45.0 Å². The van der Waals surface area contributed by atoms with Crippen molar-refractivity contribution in [2.75, 3.05) is 7.11 Å². The highest BCUT2D eigenvalue weighted by Gasteiger charge is 2.42. The van der Waals surface area contributed by atoms with Gasteiger partial charge in [-0.05, 0) is 38.3 Å². The highest BCUT2D eigenvalue weighted by atomic mass is 16.5. The first kappa shape index (κ1) is 18.0. The summed E-state index contributed by atoms with van der Waals surface area (Å²) in [6.45, 7) is 7.40. The molecule has 1 aliphatic carbocycles. The van der Waals surface area contributed by atoms with Gasteiger partial charge >= 0.3 is 11.9 Å². The minimum Gasteiger partial charge on any atom is -0.466 e. The molecule has 0 N–H and O–H groups in total. The van der Waals surface area contributed by atoms with Crippen LogP contribution in [0, 0.1) is 0 Å². The maximum Gasteiger partial charge on any atom is 0.337 e. The number of rotatable bonds is 4. The number of carbonyl (C=O) groups excluding carboxylic acids is 2. The molecule has 1 aromatic rings. The zero-order valence-corrected chi connectivity index (χ0v) is 14.9. The number of hydrogen-bond donors (Lipinski definition) is 0. The Bertz CT molecular complexity index is 723. The summed E-state index contributed by atoms with van der Waals surface area (Å²) in [6, 6.07) is 7.95. The maximum atomic E-state index is 12.3. The normalized spacial score (nSPS) is 19.4. The lowest BCUT2D eigenvalue weighted by molar-refractivity contribution is -0.139. The van der Waals surface area contributed by atoms with Crippen molar-refractivity contribution in [3.8, 4) is 0 Å². The van der Waals surface area contributed by atoms with E-state index in [4.69, 9.17) is 9.47 Å². The monoisotopic (exact) mass is 328 g/mol. The molecule has 0 bridgehead atoms. The molecular formula is C20H24O4. The van der Waals surface area contributed by atoms with Gasteiger partial charge in [-0.15, -0.1) is 0 Å². The standard InChI is InChI=1S/C20H24O4/c1-13(2)10-11-20(4)17-9-7-6-8-15(17)12-16(19(22)23-5)18(20)24-14(3)21/h6-10H,11-12H2,1-5H3. The molecule has 24 heavy (non-hydrogen) atoms. The Labute approximate surface area is 143 Å². The van der Waals surface area contributed by atoms with Crippen LogP contribution in [0.3, 0.4) is 0 Å². The average molecular weight is 328 g/mol. The third-order valence-electron chi connectivity index (χ3n) is 4.35. The smallest absolute Gasteiger partial charge is 0.337 e. The zero-order valence-electron chi connectivity index (χ0n) is 14.9. The van der Waals surface area contributed by atoms with Crippen LogP contribution in [-0.4, -0.2) is 19.0 Å². The summed E-state index contributed by atoms with van der Waals surface area (Å²) in [5, 5.41) is 0. The summed E-state index contributed by atoms with van der Waals surface area (Å²) in [7, 11) is 1.34. The van der Waals surface area contributed by atoms with E-state index in [2.05, 4.69) is 6.08 Å². The predicted octanol–water partition coefficient (Wildman–Crippen LogP) is 3.85. The van der Waals surface area contributed by atoms with Gasteiger partial charge in [0.05, 0.1) is 18.1 Å². The first-order chi connectivity index (χ1) is 11.3. The molecule has 1 atom stereocenters. The summed E-state index contributed by atoms with van der Waals surface area (Å²) < 4.78 is 10.5. The highest BCUT2D eigenvalue weighted by molar-refractivity contribution is 5.91. The van der Waals surface area contributed by atoms with Crippen molar-refractivity contribution in [2.24, 2.45) is 0 Å². The topological polar surface area (TPSA) is 52.6 Å². The van der Waals surface area contributed by atoms with Gasteiger partial charge in [-0.3, -0.25) is 4.79 Å². The first-order valence-corrected chi connectivity index (χ1v) is 8.01. The Kier molecular flexibility index (Phi) is 5.27. The molecular weight excluding hydrogens is 304 g/mol. The van der Waals surface area contributed by atoms with Crippen LogP contribution < -0.4 is 0 Å². The van der Waals surface area contributed by atoms with Crippen LogP contribution in [0.5, 0.6) is 0 Å².